The van der Waals surface area contributed by atoms with Crippen molar-refractivity contribution in [3.8, 4) is 0 Å². The van der Waals surface area contributed by atoms with E-state index in [9.17, 15) is 14.4 Å². The van der Waals surface area contributed by atoms with Gasteiger partial charge in [0.2, 0.25) is 5.91 Å². The van der Waals surface area contributed by atoms with E-state index in [2.05, 4.69) is 29.8 Å². The maximum Gasteiger partial charge on any atom is 0.407 e. The highest BCUT2D eigenvalue weighted by Crippen LogP contribution is 2.40. The Bertz CT molecular complexity index is 1270. The molecule has 9 nitrogen and oxygen atoms in total. The van der Waals surface area contributed by atoms with Crippen LogP contribution in [-0.4, -0.2) is 54.5 Å². The van der Waals surface area contributed by atoms with Gasteiger partial charge in [-0.25, -0.2) is 4.79 Å². The normalized spacial score (nSPS) is 19.8. The summed E-state index contributed by atoms with van der Waals surface area (Å²) >= 11 is 6.10. The molecule has 1 saturated heterocycles. The van der Waals surface area contributed by atoms with Crippen LogP contribution in [0.25, 0.3) is 0 Å². The van der Waals surface area contributed by atoms with Gasteiger partial charge in [0.15, 0.2) is 5.96 Å². The summed E-state index contributed by atoms with van der Waals surface area (Å²) in [5, 5.41) is 18.2. The predicted octanol–water partition coefficient (Wildman–Crippen LogP) is 4.98. The molecular formula is C32H42ClN5O4. The fraction of sp³-hybridized carbons (Fsp3) is 0.500. The molecule has 0 bridgehead atoms. The van der Waals surface area contributed by atoms with Gasteiger partial charge in [-0.2, -0.15) is 0 Å². The zero-order valence-corrected chi connectivity index (χ0v) is 25.4. The average Bonchev–Trinajstić information content (AvgIpc) is 3.74. The summed E-state index contributed by atoms with van der Waals surface area (Å²) in [5.74, 6) is 0.526. The molecule has 0 aromatic heterocycles. The topological polar surface area (TPSA) is 124 Å². The molecule has 42 heavy (non-hydrogen) atoms. The van der Waals surface area contributed by atoms with E-state index in [1.54, 1.807) is 23.1 Å². The molecule has 2 aromatic rings. The largest absolute Gasteiger partial charge is 0.453 e. The van der Waals surface area contributed by atoms with Gasteiger partial charge >= 0.3 is 6.09 Å². The third-order valence-electron chi connectivity index (χ3n) is 7.94. The first kappa shape index (κ1) is 31.3. The smallest absolute Gasteiger partial charge is 0.407 e. The summed E-state index contributed by atoms with van der Waals surface area (Å²) in [6.07, 6.45) is 4.51. The van der Waals surface area contributed by atoms with E-state index in [0.29, 0.717) is 36.7 Å². The predicted molar refractivity (Wildman–Crippen MR) is 163 cm³/mol. The van der Waals surface area contributed by atoms with Crippen molar-refractivity contribution < 1.29 is 19.1 Å². The van der Waals surface area contributed by atoms with Crippen LogP contribution in [0.1, 0.15) is 63.5 Å². The van der Waals surface area contributed by atoms with Crippen molar-refractivity contribution in [3.63, 3.8) is 0 Å². The molecule has 2 aliphatic rings. The van der Waals surface area contributed by atoms with E-state index in [0.717, 1.165) is 30.4 Å². The lowest BCUT2D eigenvalue weighted by molar-refractivity contribution is -0.134. The van der Waals surface area contributed by atoms with Gasteiger partial charge in [0.1, 0.15) is 11.6 Å². The van der Waals surface area contributed by atoms with E-state index in [1.165, 1.54) is 7.11 Å². The van der Waals surface area contributed by atoms with Crippen LogP contribution in [-0.2, 0) is 26.3 Å². The Kier molecular flexibility index (Phi) is 10.5. The van der Waals surface area contributed by atoms with E-state index in [1.807, 2.05) is 36.4 Å². The summed E-state index contributed by atoms with van der Waals surface area (Å²) in [6, 6.07) is 15.9. The Balaban J connectivity index is 1.42. The first-order valence-electron chi connectivity index (χ1n) is 14.8. The van der Waals surface area contributed by atoms with Gasteiger partial charge in [-0.1, -0.05) is 80.8 Å². The number of hydrogen-bond acceptors (Lipinski definition) is 5. The molecule has 2 aromatic carbocycles. The summed E-state index contributed by atoms with van der Waals surface area (Å²) in [6.45, 7) is 4.55. The maximum atomic E-state index is 14.2. The summed E-state index contributed by atoms with van der Waals surface area (Å²) in [4.78, 5) is 40.9. The van der Waals surface area contributed by atoms with Gasteiger partial charge in [-0.05, 0) is 60.8 Å². The van der Waals surface area contributed by atoms with E-state index < -0.39 is 17.7 Å². The summed E-state index contributed by atoms with van der Waals surface area (Å²) in [5.41, 5.74) is 0.720. The van der Waals surface area contributed by atoms with Gasteiger partial charge < -0.3 is 20.7 Å². The molecule has 1 heterocycles. The molecule has 1 aliphatic carbocycles. The Morgan fingerprint density at radius 2 is 1.90 bits per heavy atom. The molecule has 226 valence electrons. The van der Waals surface area contributed by atoms with Gasteiger partial charge in [-0.15, -0.1) is 0 Å². The molecule has 1 saturated carbocycles. The number of carbonyl (C=O) groups excluding carboxylic acids is 3. The SMILES string of the molecule is COC(=O)N[C@@H](Cc1cccc(Cl)c1)C(=O)NCCCC(CC1CC1)N1C(=N)N[C@](CC(C)C)(c2ccccc2)C1=O. The van der Waals surface area contributed by atoms with E-state index in [4.69, 9.17) is 21.7 Å². The van der Waals surface area contributed by atoms with Gasteiger partial charge in [-0.3, -0.25) is 19.9 Å². The number of methoxy groups -OCH3 is 1. The lowest BCUT2D eigenvalue weighted by Gasteiger charge is -2.31. The number of nitrogens with zero attached hydrogens (tertiary/aromatic N) is 1. The molecular weight excluding hydrogens is 554 g/mol. The zero-order chi connectivity index (χ0) is 30.3. The number of alkyl carbamates (subject to hydrolysis) is 1. The quantitative estimate of drug-likeness (QED) is 0.229. The Labute approximate surface area is 253 Å². The molecule has 3 atom stereocenters. The van der Waals surface area contributed by atoms with Gasteiger partial charge in [0, 0.05) is 24.0 Å². The first-order chi connectivity index (χ1) is 20.1. The van der Waals surface area contributed by atoms with Gasteiger partial charge in [0.25, 0.3) is 5.91 Å². The lowest BCUT2D eigenvalue weighted by atomic mass is 9.82. The van der Waals surface area contributed by atoms with Crippen LogP contribution in [0.15, 0.2) is 54.6 Å². The Hall–Kier alpha value is -3.59. The van der Waals surface area contributed by atoms with Crippen molar-refractivity contribution in [2.24, 2.45) is 11.8 Å². The highest BCUT2D eigenvalue weighted by atomic mass is 35.5. The number of guanidine groups is 1. The molecule has 10 heteroatoms. The van der Waals surface area contributed by atoms with Crippen LogP contribution in [0.5, 0.6) is 0 Å². The van der Waals surface area contributed by atoms with Crippen LogP contribution in [0.3, 0.4) is 0 Å². The van der Waals surface area contributed by atoms with Crippen molar-refractivity contribution in [2.45, 2.75) is 76.4 Å². The third-order valence-corrected chi connectivity index (χ3v) is 8.18. The van der Waals surface area contributed by atoms with Crippen LogP contribution >= 0.6 is 11.6 Å². The molecule has 2 fully saturated rings. The van der Waals surface area contributed by atoms with E-state index >= 15 is 0 Å². The third kappa shape index (κ3) is 7.82. The van der Waals surface area contributed by atoms with Crippen molar-refractivity contribution in [1.29, 1.82) is 5.41 Å². The second-order valence-corrected chi connectivity index (χ2v) is 12.2. The average molecular weight is 596 g/mol. The standard InChI is InChI=1S/C32H42ClN5O4/c1-21(2)20-32(24-10-5-4-6-11-24)29(40)38(30(34)37-32)26(18-22-14-15-22)13-8-16-35-28(39)27(36-31(41)42-3)19-23-9-7-12-25(33)17-23/h4-7,9-12,17,21-22,26-27H,8,13-16,18-20H2,1-3H3,(H2,34,37)(H,35,39)(H,36,41)/t26?,27-,32+/m0/s1. The molecule has 3 amide bonds. The number of benzene rings is 2. The fourth-order valence-corrected chi connectivity index (χ4v) is 6.04. The Morgan fingerprint density at radius 3 is 2.55 bits per heavy atom. The van der Waals surface area contributed by atoms with Crippen LogP contribution in [0, 0.1) is 17.2 Å². The highest BCUT2D eigenvalue weighted by molar-refractivity contribution is 6.30. The lowest BCUT2D eigenvalue weighted by Crippen LogP contribution is -2.48. The number of hydrogen-bond donors (Lipinski definition) is 4. The van der Waals surface area contributed by atoms with Crippen LogP contribution < -0.4 is 16.0 Å². The van der Waals surface area contributed by atoms with Crippen molar-refractivity contribution >= 4 is 35.5 Å². The van der Waals surface area contributed by atoms with Crippen LogP contribution in [0.2, 0.25) is 5.02 Å². The summed E-state index contributed by atoms with van der Waals surface area (Å²) < 4.78 is 4.72. The molecule has 1 unspecified atom stereocenters. The minimum Gasteiger partial charge on any atom is -0.453 e. The zero-order valence-electron chi connectivity index (χ0n) is 24.6. The molecule has 0 radical (unpaired) electrons. The van der Waals surface area contributed by atoms with Crippen molar-refractivity contribution in [1.82, 2.24) is 20.9 Å². The minimum atomic E-state index is -0.963. The number of carbonyl (C=O) groups is 3. The molecule has 1 aliphatic heterocycles. The number of nitrogens with one attached hydrogen (secondary N) is 4. The number of ether oxygens (including phenoxy) is 1. The second-order valence-electron chi connectivity index (χ2n) is 11.8. The molecule has 4 rings (SSSR count). The fourth-order valence-electron chi connectivity index (χ4n) is 5.83. The minimum absolute atomic E-state index is 0.0778. The Morgan fingerprint density at radius 1 is 1.17 bits per heavy atom. The summed E-state index contributed by atoms with van der Waals surface area (Å²) in [7, 11) is 1.25. The first-order valence-corrected chi connectivity index (χ1v) is 15.1. The van der Waals surface area contributed by atoms with Crippen LogP contribution in [0.4, 0.5) is 4.79 Å². The van der Waals surface area contributed by atoms with E-state index in [-0.39, 0.29) is 36.2 Å². The molecule has 0 spiro atoms. The van der Waals surface area contributed by atoms with Crippen molar-refractivity contribution in [2.75, 3.05) is 13.7 Å². The molecule has 4 N–H and O–H groups in total. The monoisotopic (exact) mass is 595 g/mol. The maximum absolute atomic E-state index is 14.2. The van der Waals surface area contributed by atoms with Crippen molar-refractivity contribution in [3.05, 3.63) is 70.7 Å². The van der Waals surface area contributed by atoms with Gasteiger partial charge in [0.05, 0.1) is 7.11 Å². The second kappa shape index (κ2) is 14.1. The highest BCUT2D eigenvalue weighted by Gasteiger charge is 2.53. The number of halogens is 1. The number of rotatable bonds is 14. The number of amides is 3.